The fourth-order valence-electron chi connectivity index (χ4n) is 5.00. The standard InChI is InChI=1S/C24H24FN7O3/c1-13-10-15(13)23-28-22(29-35-23)19-21-24(34)31(9-8-30-6-4-14(33)5-7-30)20-16(11-26)17(25)2-3-18(20)32(21)12-27-19/h2-3,12-15,33H,4-10H2,1H3. The Kier molecular flexibility index (Phi) is 5.16. The van der Waals surface area contributed by atoms with Crippen molar-refractivity contribution in [1.82, 2.24) is 29.0 Å². The number of halogens is 1. The number of hydrogen-bond donors (Lipinski definition) is 1. The van der Waals surface area contributed by atoms with E-state index in [1.165, 1.54) is 17.0 Å². The maximum Gasteiger partial charge on any atom is 0.277 e. The molecule has 10 nitrogen and oxygen atoms in total. The van der Waals surface area contributed by atoms with Crippen molar-refractivity contribution < 1.29 is 14.0 Å². The molecule has 1 aromatic carbocycles. The Bertz CT molecular complexity index is 1540. The van der Waals surface area contributed by atoms with Gasteiger partial charge in [0.2, 0.25) is 11.7 Å². The summed E-state index contributed by atoms with van der Waals surface area (Å²) in [6.07, 6.45) is 3.48. The van der Waals surface area contributed by atoms with Crippen LogP contribution in [0.2, 0.25) is 0 Å². The Labute approximate surface area is 199 Å². The highest BCUT2D eigenvalue weighted by Gasteiger charge is 2.39. The summed E-state index contributed by atoms with van der Waals surface area (Å²) in [5.41, 5.74) is 0.665. The fourth-order valence-corrected chi connectivity index (χ4v) is 5.00. The van der Waals surface area contributed by atoms with Crippen molar-refractivity contribution in [3.05, 3.63) is 46.1 Å². The second kappa shape index (κ2) is 8.25. The zero-order valence-electron chi connectivity index (χ0n) is 19.2. The van der Waals surface area contributed by atoms with Crippen molar-refractivity contribution in [1.29, 1.82) is 5.26 Å². The van der Waals surface area contributed by atoms with Gasteiger partial charge in [-0.15, -0.1) is 0 Å². The minimum atomic E-state index is -0.685. The summed E-state index contributed by atoms with van der Waals surface area (Å²) < 4.78 is 23.1. The quantitative estimate of drug-likeness (QED) is 0.464. The van der Waals surface area contributed by atoms with Gasteiger partial charge in [-0.05, 0) is 37.3 Å². The molecule has 0 spiro atoms. The van der Waals surface area contributed by atoms with Crippen molar-refractivity contribution >= 4 is 16.6 Å². The molecule has 4 heterocycles. The molecule has 0 radical (unpaired) electrons. The van der Waals surface area contributed by atoms with E-state index in [0.717, 1.165) is 6.42 Å². The van der Waals surface area contributed by atoms with Crippen LogP contribution in [0.5, 0.6) is 0 Å². The number of aromatic nitrogens is 5. The van der Waals surface area contributed by atoms with Gasteiger partial charge >= 0.3 is 0 Å². The van der Waals surface area contributed by atoms with Crippen LogP contribution in [-0.4, -0.2) is 59.8 Å². The number of hydrogen-bond acceptors (Lipinski definition) is 8. The molecule has 6 rings (SSSR count). The highest BCUT2D eigenvalue weighted by molar-refractivity contribution is 5.87. The van der Waals surface area contributed by atoms with E-state index in [2.05, 4.69) is 26.9 Å². The van der Waals surface area contributed by atoms with Crippen molar-refractivity contribution in [2.24, 2.45) is 5.92 Å². The van der Waals surface area contributed by atoms with E-state index < -0.39 is 11.4 Å². The first kappa shape index (κ1) is 21.9. The molecule has 2 aliphatic rings. The molecule has 0 amide bonds. The Hall–Kier alpha value is -3.62. The second-order valence-corrected chi connectivity index (χ2v) is 9.52. The molecule has 4 aromatic rings. The van der Waals surface area contributed by atoms with E-state index in [-0.39, 0.29) is 46.7 Å². The van der Waals surface area contributed by atoms with Gasteiger partial charge in [0.25, 0.3) is 5.56 Å². The third-order valence-electron chi connectivity index (χ3n) is 7.24. The van der Waals surface area contributed by atoms with Gasteiger partial charge in [0.1, 0.15) is 35.0 Å². The minimum absolute atomic E-state index is 0.185. The maximum atomic E-state index is 14.6. The minimum Gasteiger partial charge on any atom is -0.393 e. The highest BCUT2D eigenvalue weighted by Crippen LogP contribution is 2.46. The van der Waals surface area contributed by atoms with E-state index in [4.69, 9.17) is 4.52 Å². The normalized spacial score (nSPS) is 21.1. The van der Waals surface area contributed by atoms with Crippen LogP contribution < -0.4 is 5.56 Å². The smallest absolute Gasteiger partial charge is 0.277 e. The summed E-state index contributed by atoms with van der Waals surface area (Å²) in [6, 6.07) is 4.70. The van der Waals surface area contributed by atoms with Gasteiger partial charge in [-0.2, -0.15) is 10.2 Å². The molecule has 2 unspecified atom stereocenters. The van der Waals surface area contributed by atoms with E-state index in [1.54, 1.807) is 10.5 Å². The number of benzene rings is 1. The van der Waals surface area contributed by atoms with E-state index in [1.807, 2.05) is 6.07 Å². The van der Waals surface area contributed by atoms with Gasteiger partial charge in [-0.1, -0.05) is 12.1 Å². The summed E-state index contributed by atoms with van der Waals surface area (Å²) in [5.74, 6) is 0.800. The lowest BCUT2D eigenvalue weighted by atomic mass is 10.1. The molecular formula is C24H24FN7O3. The zero-order chi connectivity index (χ0) is 24.3. The number of imidazole rings is 1. The molecule has 0 bridgehead atoms. The molecule has 35 heavy (non-hydrogen) atoms. The first-order valence-electron chi connectivity index (χ1n) is 11.8. The largest absolute Gasteiger partial charge is 0.393 e. The predicted molar refractivity (Wildman–Crippen MR) is 123 cm³/mol. The number of aliphatic hydroxyl groups is 1. The Balaban J connectivity index is 1.50. The van der Waals surface area contributed by atoms with Gasteiger partial charge in [0.05, 0.1) is 17.1 Å². The summed E-state index contributed by atoms with van der Waals surface area (Å²) in [6.45, 7) is 4.30. The van der Waals surface area contributed by atoms with Crippen LogP contribution in [0.1, 0.15) is 43.6 Å². The first-order valence-corrected chi connectivity index (χ1v) is 11.8. The summed E-state index contributed by atoms with van der Waals surface area (Å²) in [7, 11) is 0. The molecule has 1 aliphatic carbocycles. The van der Waals surface area contributed by atoms with Crippen LogP contribution in [0.25, 0.3) is 28.1 Å². The molecule has 11 heteroatoms. The number of piperidine rings is 1. The Morgan fingerprint density at radius 2 is 2.03 bits per heavy atom. The number of rotatable bonds is 5. The van der Waals surface area contributed by atoms with Crippen molar-refractivity contribution in [3.8, 4) is 17.6 Å². The van der Waals surface area contributed by atoms with Crippen molar-refractivity contribution in [2.45, 2.75) is 44.8 Å². The van der Waals surface area contributed by atoms with Crippen LogP contribution in [0.4, 0.5) is 4.39 Å². The Morgan fingerprint density at radius 3 is 2.74 bits per heavy atom. The molecule has 2 atom stereocenters. The van der Waals surface area contributed by atoms with Crippen LogP contribution in [0.3, 0.4) is 0 Å². The fraction of sp³-hybridized carbons (Fsp3) is 0.458. The monoisotopic (exact) mass is 477 g/mol. The van der Waals surface area contributed by atoms with Crippen molar-refractivity contribution in [3.63, 3.8) is 0 Å². The zero-order valence-corrected chi connectivity index (χ0v) is 19.2. The SMILES string of the molecule is CC1CC1c1nc(-c2ncn3c2c(=O)n(CCN2CCC(O)CC2)c2c(C#N)c(F)ccc23)no1. The average Bonchev–Trinajstić information content (AvgIpc) is 3.23. The summed E-state index contributed by atoms with van der Waals surface area (Å²) in [4.78, 5) is 24.9. The molecule has 1 saturated carbocycles. The molecular weight excluding hydrogens is 453 g/mol. The lowest BCUT2D eigenvalue weighted by Gasteiger charge is -2.29. The van der Waals surface area contributed by atoms with Gasteiger partial charge in [-0.25, -0.2) is 9.37 Å². The van der Waals surface area contributed by atoms with Gasteiger partial charge in [-0.3, -0.25) is 9.20 Å². The van der Waals surface area contributed by atoms with Crippen molar-refractivity contribution in [2.75, 3.05) is 19.6 Å². The number of nitriles is 1. The molecule has 3 aromatic heterocycles. The lowest BCUT2D eigenvalue weighted by molar-refractivity contribution is 0.0810. The molecule has 1 N–H and O–H groups in total. The summed E-state index contributed by atoms with van der Waals surface area (Å²) >= 11 is 0. The van der Waals surface area contributed by atoms with E-state index >= 15 is 0 Å². The van der Waals surface area contributed by atoms with Crippen LogP contribution in [-0.2, 0) is 6.54 Å². The maximum absolute atomic E-state index is 14.6. The third-order valence-corrected chi connectivity index (χ3v) is 7.24. The number of aliphatic hydroxyl groups excluding tert-OH is 1. The number of fused-ring (bicyclic) bond motifs is 3. The molecule has 1 aliphatic heterocycles. The highest BCUT2D eigenvalue weighted by atomic mass is 19.1. The van der Waals surface area contributed by atoms with E-state index in [9.17, 15) is 19.6 Å². The number of likely N-dealkylation sites (tertiary alicyclic amines) is 1. The Morgan fingerprint density at radius 1 is 1.26 bits per heavy atom. The lowest BCUT2D eigenvalue weighted by Crippen LogP contribution is -2.39. The van der Waals surface area contributed by atoms with Gasteiger partial charge < -0.3 is 19.1 Å². The topological polar surface area (TPSA) is 125 Å². The van der Waals surface area contributed by atoms with Gasteiger partial charge in [0.15, 0.2) is 0 Å². The van der Waals surface area contributed by atoms with Gasteiger partial charge in [0, 0.05) is 32.1 Å². The number of nitrogens with zero attached hydrogens (tertiary/aromatic N) is 7. The van der Waals surface area contributed by atoms with Crippen LogP contribution in [0.15, 0.2) is 27.8 Å². The first-order chi connectivity index (χ1) is 17.0. The predicted octanol–water partition coefficient (Wildman–Crippen LogP) is 2.29. The average molecular weight is 478 g/mol. The molecule has 1 saturated heterocycles. The van der Waals surface area contributed by atoms with Crippen LogP contribution >= 0.6 is 0 Å². The molecule has 180 valence electrons. The molecule has 2 fully saturated rings. The third kappa shape index (κ3) is 3.61. The second-order valence-electron chi connectivity index (χ2n) is 9.52. The summed E-state index contributed by atoms with van der Waals surface area (Å²) in [5, 5.41) is 23.6. The van der Waals surface area contributed by atoms with Crippen LogP contribution in [0, 0.1) is 23.1 Å². The van der Waals surface area contributed by atoms with E-state index in [0.29, 0.717) is 49.8 Å².